The van der Waals surface area contributed by atoms with Crippen molar-refractivity contribution >= 4 is 81.1 Å². The van der Waals surface area contributed by atoms with Gasteiger partial charge in [0.2, 0.25) is 17.2 Å². The van der Waals surface area contributed by atoms with Crippen LogP contribution in [0, 0.1) is 0 Å². The topological polar surface area (TPSA) is 279 Å². The number of nitrogens with two attached hydrogens (primary N) is 4. The Labute approximate surface area is 243 Å². The van der Waals surface area contributed by atoms with Gasteiger partial charge in [0, 0.05) is 16.9 Å². The van der Waals surface area contributed by atoms with Crippen LogP contribution in [0.2, 0.25) is 0 Å². The summed E-state index contributed by atoms with van der Waals surface area (Å²) in [6.45, 7) is 2.46. The number of hydrogen-bond acceptors (Lipinski definition) is 15. The van der Waals surface area contributed by atoms with E-state index in [1.165, 1.54) is 37.1 Å². The lowest BCUT2D eigenvalue weighted by Crippen LogP contribution is -2.71. The molecule has 41 heavy (non-hydrogen) atoms. The third-order valence-electron chi connectivity index (χ3n) is 5.78. The molecule has 2 amide bonds. The first-order valence-corrected chi connectivity index (χ1v) is 14.4. The summed E-state index contributed by atoms with van der Waals surface area (Å²) in [5, 5.41) is 26.5. The van der Waals surface area contributed by atoms with Crippen molar-refractivity contribution in [3.05, 3.63) is 28.4 Å². The van der Waals surface area contributed by atoms with Crippen LogP contribution in [0.25, 0.3) is 0 Å². The van der Waals surface area contributed by atoms with E-state index in [1.54, 1.807) is 0 Å². The van der Waals surface area contributed by atoms with Gasteiger partial charge in [0.15, 0.2) is 10.8 Å². The Kier molecular flexibility index (Phi) is 8.17. The predicted molar refractivity (Wildman–Crippen MR) is 150 cm³/mol. The average molecular weight is 626 g/mol. The minimum atomic E-state index is -1.78. The number of carbonyl (C=O) groups excluding carboxylic acids is 2. The van der Waals surface area contributed by atoms with Crippen molar-refractivity contribution in [3.63, 3.8) is 0 Å². The molecule has 0 aromatic carbocycles. The first kappa shape index (κ1) is 29.7. The highest BCUT2D eigenvalue weighted by molar-refractivity contribution is 8.01. The van der Waals surface area contributed by atoms with Crippen molar-refractivity contribution in [3.8, 4) is 0 Å². The molecule has 0 saturated carbocycles. The number of fused-ring (bicyclic) bond motifs is 1. The second kappa shape index (κ2) is 11.3. The van der Waals surface area contributed by atoms with Crippen LogP contribution < -0.4 is 33.0 Å². The molecule has 2 atom stereocenters. The van der Waals surface area contributed by atoms with Gasteiger partial charge in [-0.05, 0) is 31.2 Å². The van der Waals surface area contributed by atoms with Gasteiger partial charge in [0.1, 0.15) is 22.8 Å². The Balaban J connectivity index is 1.53. The van der Waals surface area contributed by atoms with Crippen LogP contribution in [0.5, 0.6) is 0 Å². The van der Waals surface area contributed by atoms with Crippen molar-refractivity contribution in [2.75, 3.05) is 34.5 Å². The van der Waals surface area contributed by atoms with Crippen molar-refractivity contribution < 1.29 is 38.9 Å². The number of anilines is 3. The number of thioether (sulfide) groups is 2. The summed E-state index contributed by atoms with van der Waals surface area (Å²) in [4.78, 5) is 64.2. The SMILES string of the molecule is CC(C)(O/N=C(/C(=O)N[C@@H]1C(=O)N2C(C(=O)O)=C(CSc3nc(N)cc(N)[n+]3N)CS[C@H]12)c1csc(N)n1)C(=O)O. The standard InChI is InChI=1S/C21H24N10O7S3/c1-21(2,18(36)37)38-29-11(8-6-40-19(24)26-8)14(32)28-12-15(33)30-13(17(34)35)7(4-39-16(12)30)5-41-20-27-9(22)3-10(23)31(20)25/h3,6,12,16H,4-5,25H2,1-2H3,(H8,22,23,24,26,28,32,34,35,36,37)/p+1/b29-11+/t12-,16-/m1/s1. The summed E-state index contributed by atoms with van der Waals surface area (Å²) < 4.78 is 1.11. The zero-order valence-electron chi connectivity index (χ0n) is 21.4. The summed E-state index contributed by atoms with van der Waals surface area (Å²) in [6.07, 6.45) is 0. The van der Waals surface area contributed by atoms with Gasteiger partial charge in [-0.15, -0.1) is 27.8 Å². The molecule has 1 saturated heterocycles. The molecule has 11 N–H and O–H groups in total. The molecule has 2 aromatic heterocycles. The lowest BCUT2D eigenvalue weighted by atomic mass is 10.0. The molecular formula is C21H25N10O7S3+. The van der Waals surface area contributed by atoms with Gasteiger partial charge < -0.3 is 37.6 Å². The smallest absolute Gasteiger partial charge is 0.352 e. The number of nitrogens with one attached hydrogen (secondary N) is 1. The summed E-state index contributed by atoms with van der Waals surface area (Å²) in [6, 6.07) is 0.269. The number of carbonyl (C=O) groups is 4. The highest BCUT2D eigenvalue weighted by Crippen LogP contribution is 2.41. The number of aliphatic carboxylic acids is 2. The summed E-state index contributed by atoms with van der Waals surface area (Å²) in [5.74, 6) is 2.30. The van der Waals surface area contributed by atoms with Crippen molar-refractivity contribution in [2.45, 2.75) is 36.0 Å². The van der Waals surface area contributed by atoms with Gasteiger partial charge in [0.05, 0.1) is 6.07 Å². The monoisotopic (exact) mass is 625 g/mol. The third-order valence-corrected chi connectivity index (χ3v) is 8.83. The largest absolute Gasteiger partial charge is 0.478 e. The molecule has 1 fully saturated rings. The van der Waals surface area contributed by atoms with Gasteiger partial charge in [-0.25, -0.2) is 14.6 Å². The van der Waals surface area contributed by atoms with Crippen LogP contribution in [0.3, 0.4) is 0 Å². The Morgan fingerprint density at radius 3 is 2.61 bits per heavy atom. The van der Waals surface area contributed by atoms with Crippen LogP contribution >= 0.6 is 34.9 Å². The Bertz CT molecular complexity index is 1510. The minimum Gasteiger partial charge on any atom is -0.478 e. The minimum absolute atomic E-state index is 0.00415. The van der Waals surface area contributed by atoms with Gasteiger partial charge >= 0.3 is 17.1 Å². The fraction of sp³-hybridized carbons (Fsp3) is 0.333. The number of rotatable bonds is 10. The van der Waals surface area contributed by atoms with E-state index in [0.717, 1.165) is 32.7 Å². The first-order valence-electron chi connectivity index (χ1n) is 11.5. The molecule has 0 aliphatic carbocycles. The third kappa shape index (κ3) is 5.93. The second-order valence-electron chi connectivity index (χ2n) is 9.08. The molecular weight excluding hydrogens is 600 g/mol. The van der Waals surface area contributed by atoms with Gasteiger partial charge in [-0.2, -0.15) is 0 Å². The fourth-order valence-electron chi connectivity index (χ4n) is 3.59. The molecule has 4 heterocycles. The summed E-state index contributed by atoms with van der Waals surface area (Å²) >= 11 is 3.34. The Morgan fingerprint density at radius 2 is 2.00 bits per heavy atom. The van der Waals surface area contributed by atoms with E-state index in [1.807, 2.05) is 0 Å². The predicted octanol–water partition coefficient (Wildman–Crippen LogP) is -1.60. The lowest BCUT2D eigenvalue weighted by Gasteiger charge is -2.49. The molecule has 2 aliphatic heterocycles. The lowest BCUT2D eigenvalue weighted by molar-refractivity contribution is -0.667. The molecule has 0 radical (unpaired) electrons. The number of hydrogen-bond donors (Lipinski definition) is 7. The summed E-state index contributed by atoms with van der Waals surface area (Å²) in [7, 11) is 0. The van der Waals surface area contributed by atoms with Crippen LogP contribution in [0.4, 0.5) is 16.8 Å². The highest BCUT2D eigenvalue weighted by atomic mass is 32.2. The van der Waals surface area contributed by atoms with Crippen molar-refractivity contribution in [1.29, 1.82) is 0 Å². The van der Waals surface area contributed by atoms with Crippen LogP contribution in [-0.4, -0.2) is 83.1 Å². The van der Waals surface area contributed by atoms with E-state index in [4.69, 9.17) is 27.9 Å². The van der Waals surface area contributed by atoms with E-state index in [9.17, 15) is 29.4 Å². The quantitative estimate of drug-likeness (QED) is 0.0298. The molecule has 0 spiro atoms. The molecule has 2 aliphatic rings. The molecule has 17 nitrogen and oxygen atoms in total. The molecule has 2 aromatic rings. The molecule has 20 heteroatoms. The van der Waals surface area contributed by atoms with E-state index in [0.29, 0.717) is 5.57 Å². The maximum absolute atomic E-state index is 13.2. The van der Waals surface area contributed by atoms with Gasteiger partial charge in [-0.3, -0.25) is 20.3 Å². The van der Waals surface area contributed by atoms with Crippen LogP contribution in [0.1, 0.15) is 19.5 Å². The van der Waals surface area contributed by atoms with Crippen LogP contribution in [-0.2, 0) is 24.0 Å². The normalized spacial score (nSPS) is 18.9. The van der Waals surface area contributed by atoms with Crippen molar-refractivity contribution in [2.24, 2.45) is 5.16 Å². The number of carboxylic acids is 2. The number of β-lactam (4-membered cyclic amide) rings is 1. The highest BCUT2D eigenvalue weighted by Gasteiger charge is 2.54. The average Bonchev–Trinajstić information content (AvgIpc) is 3.33. The van der Waals surface area contributed by atoms with E-state index >= 15 is 0 Å². The molecule has 0 unspecified atom stereocenters. The van der Waals surface area contributed by atoms with Gasteiger partial charge in [0.25, 0.3) is 11.8 Å². The zero-order chi connectivity index (χ0) is 30.2. The Hall–Kier alpha value is -4.30. The zero-order valence-corrected chi connectivity index (χ0v) is 23.9. The second-order valence-corrected chi connectivity index (χ2v) is 12.0. The fourth-order valence-corrected chi connectivity index (χ4v) is 6.56. The van der Waals surface area contributed by atoms with E-state index in [-0.39, 0.29) is 44.8 Å². The van der Waals surface area contributed by atoms with Crippen molar-refractivity contribution in [1.82, 2.24) is 20.2 Å². The van der Waals surface area contributed by atoms with E-state index < -0.39 is 46.5 Å². The molecule has 4 rings (SSSR count). The number of nitrogen functional groups attached to an aromatic ring is 4. The summed E-state index contributed by atoms with van der Waals surface area (Å²) in [5.41, 5.74) is 15.2. The Morgan fingerprint density at radius 1 is 1.29 bits per heavy atom. The van der Waals surface area contributed by atoms with Gasteiger partial charge in [-0.1, -0.05) is 10.1 Å². The van der Waals surface area contributed by atoms with Crippen LogP contribution in [0.15, 0.2) is 33.0 Å². The number of oxime groups is 1. The molecule has 218 valence electrons. The number of amides is 2. The maximum atomic E-state index is 13.2. The first-order chi connectivity index (χ1) is 19.2. The number of thiazole rings is 1. The number of carboxylic acid groups (broad SMARTS) is 2. The maximum Gasteiger partial charge on any atom is 0.352 e. The number of nitrogens with zero attached hydrogens (tertiary/aromatic N) is 5. The van der Waals surface area contributed by atoms with E-state index in [2.05, 4.69) is 20.4 Å². The molecule has 0 bridgehead atoms. The number of aromatic nitrogens is 3.